The molecule has 1 aliphatic rings. The molecule has 0 spiro atoms. The number of carbonyl (C=O) groups excluding carboxylic acids is 2. The first kappa shape index (κ1) is 20.8. The van der Waals surface area contributed by atoms with Crippen LogP contribution in [0.25, 0.3) is 0 Å². The predicted octanol–water partition coefficient (Wildman–Crippen LogP) is 4.27. The molecule has 2 amide bonds. The highest BCUT2D eigenvalue weighted by Gasteiger charge is 2.27. The third-order valence-electron chi connectivity index (χ3n) is 5.05. The Morgan fingerprint density at radius 3 is 2.41 bits per heavy atom. The lowest BCUT2D eigenvalue weighted by molar-refractivity contribution is -0.135. The number of rotatable bonds is 7. The van der Waals surface area contributed by atoms with Crippen LogP contribution in [-0.2, 0) is 16.1 Å². The van der Waals surface area contributed by atoms with Gasteiger partial charge in [-0.3, -0.25) is 9.59 Å². The summed E-state index contributed by atoms with van der Waals surface area (Å²) in [5.74, 6) is 0.883. The van der Waals surface area contributed by atoms with Crippen molar-refractivity contribution in [3.63, 3.8) is 0 Å². The van der Waals surface area contributed by atoms with Crippen LogP contribution in [0.3, 0.4) is 0 Å². The molecule has 0 aliphatic carbocycles. The Bertz CT molecular complexity index is 821. The van der Waals surface area contributed by atoms with Gasteiger partial charge in [0.05, 0.1) is 5.92 Å². The first-order chi connectivity index (χ1) is 14.0. The molecule has 5 nitrogen and oxygen atoms in total. The molecule has 1 atom stereocenters. The minimum absolute atomic E-state index is 0.00867. The van der Waals surface area contributed by atoms with Crippen LogP contribution in [0.4, 0.5) is 4.39 Å². The molecular weight excluding hydrogens is 371 g/mol. The second-order valence-corrected chi connectivity index (χ2v) is 7.35. The van der Waals surface area contributed by atoms with Gasteiger partial charge in [-0.15, -0.1) is 0 Å². The average Bonchev–Trinajstić information content (AvgIpc) is 2.75. The number of hydrogen-bond donors (Lipinski definition) is 1. The van der Waals surface area contributed by atoms with Gasteiger partial charge in [0.25, 0.3) is 0 Å². The quantitative estimate of drug-likeness (QED) is 0.758. The maximum absolute atomic E-state index is 12.9. The minimum atomic E-state index is -0.306. The van der Waals surface area contributed by atoms with Gasteiger partial charge in [-0.05, 0) is 61.2 Å². The summed E-state index contributed by atoms with van der Waals surface area (Å²) in [5.41, 5.74) is 0.958. The van der Waals surface area contributed by atoms with Crippen LogP contribution in [0.15, 0.2) is 48.5 Å². The molecule has 3 rings (SSSR count). The molecule has 0 saturated carbocycles. The largest absolute Gasteiger partial charge is 0.457 e. The fraction of sp³-hybridized carbons (Fsp3) is 0.391. The lowest BCUT2D eigenvalue weighted by atomic mass is 9.96. The fourth-order valence-corrected chi connectivity index (χ4v) is 3.44. The van der Waals surface area contributed by atoms with E-state index in [1.807, 2.05) is 36.1 Å². The number of nitrogens with zero attached hydrogens (tertiary/aromatic N) is 1. The second kappa shape index (κ2) is 10.0. The van der Waals surface area contributed by atoms with Crippen molar-refractivity contribution < 1.29 is 18.7 Å². The van der Waals surface area contributed by atoms with Crippen molar-refractivity contribution >= 4 is 11.8 Å². The van der Waals surface area contributed by atoms with Crippen LogP contribution in [0.2, 0.25) is 0 Å². The van der Waals surface area contributed by atoms with Crippen molar-refractivity contribution in [2.24, 2.45) is 5.92 Å². The number of benzene rings is 2. The summed E-state index contributed by atoms with van der Waals surface area (Å²) < 4.78 is 18.6. The van der Waals surface area contributed by atoms with Crippen LogP contribution in [0, 0.1) is 11.7 Å². The van der Waals surface area contributed by atoms with Crippen LogP contribution in [0.5, 0.6) is 11.5 Å². The van der Waals surface area contributed by atoms with Gasteiger partial charge in [0.1, 0.15) is 17.3 Å². The Balaban J connectivity index is 1.48. The Hall–Kier alpha value is -2.89. The van der Waals surface area contributed by atoms with E-state index in [4.69, 9.17) is 4.74 Å². The number of ether oxygens (including phenoxy) is 1. The summed E-state index contributed by atoms with van der Waals surface area (Å²) in [4.78, 5) is 26.4. The SMILES string of the molecule is CCCC(=O)N1CCCC(C(=O)NCc2ccc(Oc3ccc(F)cc3)cc2)C1. The molecule has 6 heteroatoms. The van der Waals surface area contributed by atoms with Crippen molar-refractivity contribution in [1.82, 2.24) is 10.2 Å². The molecular formula is C23H27FN2O3. The number of piperidine rings is 1. The van der Waals surface area contributed by atoms with E-state index in [-0.39, 0.29) is 23.5 Å². The van der Waals surface area contributed by atoms with Gasteiger partial charge in [0, 0.05) is 26.1 Å². The number of nitrogens with one attached hydrogen (secondary N) is 1. The van der Waals surface area contributed by atoms with Gasteiger partial charge in [0.2, 0.25) is 11.8 Å². The van der Waals surface area contributed by atoms with Crippen molar-refractivity contribution in [3.05, 3.63) is 59.9 Å². The first-order valence-electron chi connectivity index (χ1n) is 10.1. The highest BCUT2D eigenvalue weighted by atomic mass is 19.1. The predicted molar refractivity (Wildman–Crippen MR) is 109 cm³/mol. The highest BCUT2D eigenvalue weighted by Crippen LogP contribution is 2.22. The molecule has 1 aliphatic heterocycles. The number of hydrogen-bond acceptors (Lipinski definition) is 3. The summed E-state index contributed by atoms with van der Waals surface area (Å²) in [6.45, 7) is 3.67. The Morgan fingerprint density at radius 2 is 1.76 bits per heavy atom. The van der Waals surface area contributed by atoms with Gasteiger partial charge in [-0.25, -0.2) is 4.39 Å². The number of carbonyl (C=O) groups is 2. The molecule has 1 N–H and O–H groups in total. The molecule has 2 aromatic carbocycles. The molecule has 1 heterocycles. The topological polar surface area (TPSA) is 58.6 Å². The van der Waals surface area contributed by atoms with E-state index >= 15 is 0 Å². The van der Waals surface area contributed by atoms with Gasteiger partial charge >= 0.3 is 0 Å². The smallest absolute Gasteiger partial charge is 0.225 e. The Morgan fingerprint density at radius 1 is 1.10 bits per heavy atom. The molecule has 0 aromatic heterocycles. The van der Waals surface area contributed by atoms with E-state index in [2.05, 4.69) is 5.32 Å². The molecule has 154 valence electrons. The van der Waals surface area contributed by atoms with E-state index in [1.54, 1.807) is 12.1 Å². The zero-order chi connectivity index (χ0) is 20.6. The normalized spacial score (nSPS) is 16.3. The van der Waals surface area contributed by atoms with Crippen molar-refractivity contribution in [2.45, 2.75) is 39.2 Å². The minimum Gasteiger partial charge on any atom is -0.457 e. The number of halogens is 1. The van der Waals surface area contributed by atoms with Crippen molar-refractivity contribution in [3.8, 4) is 11.5 Å². The van der Waals surface area contributed by atoms with Crippen molar-refractivity contribution in [2.75, 3.05) is 13.1 Å². The van der Waals surface area contributed by atoms with E-state index in [1.165, 1.54) is 12.1 Å². The van der Waals surface area contributed by atoms with Crippen LogP contribution in [0.1, 0.15) is 38.2 Å². The van der Waals surface area contributed by atoms with Gasteiger partial charge < -0.3 is 15.0 Å². The summed E-state index contributed by atoms with van der Waals surface area (Å²) >= 11 is 0. The molecule has 0 bridgehead atoms. The Kier molecular flexibility index (Phi) is 7.22. The lowest BCUT2D eigenvalue weighted by Crippen LogP contribution is -2.45. The van der Waals surface area contributed by atoms with Gasteiger partial charge in [-0.1, -0.05) is 19.1 Å². The monoisotopic (exact) mass is 398 g/mol. The average molecular weight is 398 g/mol. The molecule has 1 fully saturated rings. The van der Waals surface area contributed by atoms with Gasteiger partial charge in [0.15, 0.2) is 0 Å². The van der Waals surface area contributed by atoms with Gasteiger partial charge in [-0.2, -0.15) is 0 Å². The van der Waals surface area contributed by atoms with Crippen LogP contribution in [-0.4, -0.2) is 29.8 Å². The fourth-order valence-electron chi connectivity index (χ4n) is 3.44. The summed E-state index contributed by atoms with van der Waals surface area (Å²) in [7, 11) is 0. The molecule has 1 unspecified atom stereocenters. The Labute approximate surface area is 170 Å². The first-order valence-corrected chi connectivity index (χ1v) is 10.1. The summed E-state index contributed by atoms with van der Waals surface area (Å²) in [5, 5.41) is 2.98. The lowest BCUT2D eigenvalue weighted by Gasteiger charge is -2.32. The highest BCUT2D eigenvalue weighted by molar-refractivity contribution is 5.81. The van der Waals surface area contributed by atoms with Crippen molar-refractivity contribution in [1.29, 1.82) is 0 Å². The summed E-state index contributed by atoms with van der Waals surface area (Å²) in [6, 6.07) is 13.2. The standard InChI is InChI=1S/C23H27FN2O3/c1-2-4-22(27)26-14-3-5-18(16-26)23(28)25-15-17-6-10-20(11-7-17)29-21-12-8-19(24)9-13-21/h6-13,18H,2-5,14-16H2,1H3,(H,25,28). The van der Waals surface area contributed by atoms with Crippen LogP contribution >= 0.6 is 0 Å². The second-order valence-electron chi connectivity index (χ2n) is 7.35. The maximum atomic E-state index is 12.9. The third-order valence-corrected chi connectivity index (χ3v) is 5.05. The van der Waals surface area contributed by atoms with E-state index in [9.17, 15) is 14.0 Å². The van der Waals surface area contributed by atoms with E-state index in [0.717, 1.165) is 31.4 Å². The zero-order valence-corrected chi connectivity index (χ0v) is 16.7. The third kappa shape index (κ3) is 6.04. The summed E-state index contributed by atoms with van der Waals surface area (Å²) in [6.07, 6.45) is 3.04. The maximum Gasteiger partial charge on any atom is 0.225 e. The molecule has 1 saturated heterocycles. The number of amides is 2. The van der Waals surface area contributed by atoms with E-state index < -0.39 is 0 Å². The number of likely N-dealkylation sites (tertiary alicyclic amines) is 1. The van der Waals surface area contributed by atoms with E-state index in [0.29, 0.717) is 31.0 Å². The zero-order valence-electron chi connectivity index (χ0n) is 16.7. The molecule has 29 heavy (non-hydrogen) atoms. The van der Waals surface area contributed by atoms with Crippen LogP contribution < -0.4 is 10.1 Å². The molecule has 0 radical (unpaired) electrons. The molecule has 2 aromatic rings.